The smallest absolute Gasteiger partial charge is 0.239 e. The molecule has 3 heterocycles. The molecule has 1 aromatic rings. The molecule has 2 aliphatic heterocycles. The van der Waals surface area contributed by atoms with Crippen molar-refractivity contribution in [2.75, 3.05) is 52.9 Å². The second kappa shape index (κ2) is 12.3. The summed E-state index contributed by atoms with van der Waals surface area (Å²) in [7, 11) is 1.62. The first-order chi connectivity index (χ1) is 14.1. The van der Waals surface area contributed by atoms with Crippen molar-refractivity contribution in [1.82, 2.24) is 25.0 Å². The number of ether oxygens (including phenoxy) is 1. The molecule has 2 fully saturated rings. The van der Waals surface area contributed by atoms with Crippen LogP contribution in [0.3, 0.4) is 0 Å². The van der Waals surface area contributed by atoms with E-state index in [-0.39, 0.29) is 35.9 Å². The number of hydrogen-bond donors (Lipinski definition) is 1. The molecule has 8 nitrogen and oxygen atoms in total. The molecule has 0 aromatic carbocycles. The number of aromatic nitrogens is 1. The first-order valence-electron chi connectivity index (χ1n) is 10.7. The molecule has 1 aromatic heterocycles. The molecule has 2 saturated heterocycles. The Morgan fingerprint density at radius 3 is 2.50 bits per heavy atom. The number of guanidine groups is 1. The monoisotopic (exact) mass is 530 g/mol. The van der Waals surface area contributed by atoms with Gasteiger partial charge in [-0.15, -0.1) is 24.0 Å². The third-order valence-electron chi connectivity index (χ3n) is 5.65. The van der Waals surface area contributed by atoms with Crippen molar-refractivity contribution in [3.63, 3.8) is 0 Å². The minimum atomic E-state index is -0.0456. The van der Waals surface area contributed by atoms with Gasteiger partial charge in [0, 0.05) is 51.9 Å². The molecule has 168 valence electrons. The van der Waals surface area contributed by atoms with E-state index in [2.05, 4.69) is 27.0 Å². The third-order valence-corrected chi connectivity index (χ3v) is 5.65. The molecule has 1 unspecified atom stereocenters. The Kier molecular flexibility index (Phi) is 10.1. The maximum Gasteiger partial charge on any atom is 0.239 e. The molecule has 2 aliphatic rings. The van der Waals surface area contributed by atoms with Crippen LogP contribution in [0.1, 0.15) is 32.4 Å². The number of nitrogens with zero attached hydrogens (tertiary/aromatic N) is 5. The Balaban J connectivity index is 0.00000320. The number of rotatable bonds is 6. The third kappa shape index (κ3) is 6.44. The molecule has 0 aliphatic carbocycles. The normalized spacial score (nSPS) is 18.7. The van der Waals surface area contributed by atoms with Crippen LogP contribution in [0.15, 0.2) is 23.2 Å². The van der Waals surface area contributed by atoms with Crippen LogP contribution in [0.4, 0.5) is 0 Å². The molecule has 0 spiro atoms. The SMILES string of the molecule is CCNC(=NCc1cccc(OC)n1)N1CCN(C(C)C(=O)N2CCCC2)CC1.I. The lowest BCUT2D eigenvalue weighted by atomic mass is 10.2. The van der Waals surface area contributed by atoms with Crippen LogP contribution in [0.2, 0.25) is 0 Å². The highest BCUT2D eigenvalue weighted by Gasteiger charge is 2.30. The van der Waals surface area contributed by atoms with Crippen LogP contribution < -0.4 is 10.1 Å². The van der Waals surface area contributed by atoms with E-state index in [9.17, 15) is 4.79 Å². The Morgan fingerprint density at radius 2 is 1.87 bits per heavy atom. The Bertz CT molecular complexity index is 702. The molecule has 0 bridgehead atoms. The summed E-state index contributed by atoms with van der Waals surface area (Å²) in [5, 5.41) is 3.39. The van der Waals surface area contributed by atoms with Crippen LogP contribution in [-0.4, -0.2) is 90.5 Å². The maximum atomic E-state index is 12.7. The molecule has 1 atom stereocenters. The highest BCUT2D eigenvalue weighted by Crippen LogP contribution is 2.14. The lowest BCUT2D eigenvalue weighted by molar-refractivity contribution is -0.135. The zero-order chi connectivity index (χ0) is 20.6. The lowest BCUT2D eigenvalue weighted by Gasteiger charge is -2.39. The number of methoxy groups -OCH3 is 1. The van der Waals surface area contributed by atoms with Gasteiger partial charge in [-0.3, -0.25) is 9.69 Å². The van der Waals surface area contributed by atoms with E-state index in [1.165, 1.54) is 0 Å². The second-order valence-corrected chi connectivity index (χ2v) is 7.57. The molecule has 0 radical (unpaired) electrons. The van der Waals surface area contributed by atoms with Gasteiger partial charge in [0.1, 0.15) is 0 Å². The number of halogens is 1. The van der Waals surface area contributed by atoms with Crippen molar-refractivity contribution in [3.05, 3.63) is 23.9 Å². The van der Waals surface area contributed by atoms with Crippen molar-refractivity contribution >= 4 is 35.8 Å². The summed E-state index contributed by atoms with van der Waals surface area (Å²) >= 11 is 0. The summed E-state index contributed by atoms with van der Waals surface area (Å²) < 4.78 is 5.19. The van der Waals surface area contributed by atoms with E-state index in [4.69, 9.17) is 9.73 Å². The van der Waals surface area contributed by atoms with E-state index >= 15 is 0 Å². The number of carbonyl (C=O) groups is 1. The van der Waals surface area contributed by atoms with Gasteiger partial charge in [0.05, 0.1) is 25.4 Å². The molecule has 0 saturated carbocycles. The van der Waals surface area contributed by atoms with Crippen molar-refractivity contribution in [1.29, 1.82) is 0 Å². The highest BCUT2D eigenvalue weighted by molar-refractivity contribution is 14.0. The first-order valence-corrected chi connectivity index (χ1v) is 10.7. The average Bonchev–Trinajstić information content (AvgIpc) is 3.31. The van der Waals surface area contributed by atoms with Crippen molar-refractivity contribution in [2.24, 2.45) is 4.99 Å². The fraction of sp³-hybridized carbons (Fsp3) is 0.667. The topological polar surface area (TPSA) is 73.3 Å². The van der Waals surface area contributed by atoms with Crippen LogP contribution in [0.5, 0.6) is 5.88 Å². The number of pyridine rings is 1. The van der Waals surface area contributed by atoms with Gasteiger partial charge >= 0.3 is 0 Å². The molecular weight excluding hydrogens is 495 g/mol. The Hall–Kier alpha value is -1.62. The van der Waals surface area contributed by atoms with E-state index in [0.717, 1.165) is 70.3 Å². The van der Waals surface area contributed by atoms with Crippen LogP contribution >= 0.6 is 24.0 Å². The predicted molar refractivity (Wildman–Crippen MR) is 129 cm³/mol. The Morgan fingerprint density at radius 1 is 1.17 bits per heavy atom. The molecule has 3 rings (SSSR count). The molecular formula is C21H35IN6O2. The standard InChI is InChI=1S/C21H34N6O2.HI/c1-4-22-21(23-16-18-8-7-9-19(24-18)29-3)27-14-12-25(13-15-27)17(2)20(28)26-10-5-6-11-26;/h7-9,17H,4-6,10-16H2,1-3H3,(H,22,23);1H. The number of piperazine rings is 1. The zero-order valence-electron chi connectivity index (χ0n) is 18.3. The average molecular weight is 530 g/mol. The summed E-state index contributed by atoms with van der Waals surface area (Å²) in [6, 6.07) is 5.68. The van der Waals surface area contributed by atoms with Gasteiger partial charge in [-0.05, 0) is 32.8 Å². The highest BCUT2D eigenvalue weighted by atomic mass is 127. The number of likely N-dealkylation sites (tertiary alicyclic amines) is 1. The predicted octanol–water partition coefficient (Wildman–Crippen LogP) is 1.80. The van der Waals surface area contributed by atoms with Crippen molar-refractivity contribution < 1.29 is 9.53 Å². The summed E-state index contributed by atoms with van der Waals surface area (Å²) in [5.41, 5.74) is 0.878. The molecule has 1 amide bonds. The van der Waals surface area contributed by atoms with Gasteiger partial charge in [0.2, 0.25) is 11.8 Å². The van der Waals surface area contributed by atoms with Crippen LogP contribution in [0, 0.1) is 0 Å². The number of amides is 1. The largest absolute Gasteiger partial charge is 0.481 e. The summed E-state index contributed by atoms with van der Waals surface area (Å²) in [5.74, 6) is 1.78. The molecule has 30 heavy (non-hydrogen) atoms. The molecule has 1 N–H and O–H groups in total. The van der Waals surface area contributed by atoms with Gasteiger partial charge in [-0.1, -0.05) is 6.07 Å². The maximum absolute atomic E-state index is 12.7. The fourth-order valence-corrected chi connectivity index (χ4v) is 3.92. The first kappa shape index (κ1) is 24.6. The summed E-state index contributed by atoms with van der Waals surface area (Å²) in [6.07, 6.45) is 2.27. The summed E-state index contributed by atoms with van der Waals surface area (Å²) in [6.45, 7) is 10.7. The lowest BCUT2D eigenvalue weighted by Crippen LogP contribution is -2.57. The van der Waals surface area contributed by atoms with E-state index in [1.807, 2.05) is 30.0 Å². The van der Waals surface area contributed by atoms with Gasteiger partial charge in [0.15, 0.2) is 5.96 Å². The van der Waals surface area contributed by atoms with Crippen LogP contribution in [-0.2, 0) is 11.3 Å². The van der Waals surface area contributed by atoms with E-state index < -0.39 is 0 Å². The summed E-state index contributed by atoms with van der Waals surface area (Å²) in [4.78, 5) is 28.5. The number of nitrogens with one attached hydrogen (secondary N) is 1. The molecule has 9 heteroatoms. The quantitative estimate of drug-likeness (QED) is 0.344. The minimum absolute atomic E-state index is 0. The minimum Gasteiger partial charge on any atom is -0.481 e. The van der Waals surface area contributed by atoms with Gasteiger partial charge < -0.3 is 19.9 Å². The van der Waals surface area contributed by atoms with Crippen LogP contribution in [0.25, 0.3) is 0 Å². The van der Waals surface area contributed by atoms with Gasteiger partial charge in [-0.2, -0.15) is 0 Å². The second-order valence-electron chi connectivity index (χ2n) is 7.57. The van der Waals surface area contributed by atoms with Gasteiger partial charge in [-0.25, -0.2) is 9.98 Å². The van der Waals surface area contributed by atoms with Gasteiger partial charge in [0.25, 0.3) is 0 Å². The Labute approximate surface area is 197 Å². The fourth-order valence-electron chi connectivity index (χ4n) is 3.92. The van der Waals surface area contributed by atoms with Crippen molar-refractivity contribution in [3.8, 4) is 5.88 Å². The number of aliphatic imine (C=N–C) groups is 1. The van der Waals surface area contributed by atoms with Crippen molar-refractivity contribution in [2.45, 2.75) is 39.3 Å². The number of hydrogen-bond acceptors (Lipinski definition) is 5. The number of carbonyl (C=O) groups excluding carboxylic acids is 1. The zero-order valence-corrected chi connectivity index (χ0v) is 20.7. The van der Waals surface area contributed by atoms with E-state index in [1.54, 1.807) is 7.11 Å². The van der Waals surface area contributed by atoms with E-state index in [0.29, 0.717) is 12.4 Å².